The van der Waals surface area contributed by atoms with E-state index in [1.165, 1.54) is 12.1 Å². The number of carbonyl (C=O) groups is 1. The number of hydrogen-bond donors (Lipinski definition) is 3. The van der Waals surface area contributed by atoms with Crippen LogP contribution in [0.25, 0.3) is 0 Å². The Hall–Kier alpha value is -1.82. The molecule has 0 bridgehead atoms. The Balaban J connectivity index is 2.33. The van der Waals surface area contributed by atoms with Gasteiger partial charge in [0.05, 0.1) is 11.1 Å². The van der Waals surface area contributed by atoms with Gasteiger partial charge in [-0.3, -0.25) is 14.6 Å². The first-order valence-corrected chi connectivity index (χ1v) is 5.86. The molecule has 0 saturated carbocycles. The first-order chi connectivity index (χ1) is 8.40. The van der Waals surface area contributed by atoms with Crippen molar-refractivity contribution in [2.24, 2.45) is 0 Å². The minimum atomic E-state index is -0.480. The van der Waals surface area contributed by atoms with Crippen LogP contribution in [0.1, 0.15) is 24.2 Å². The van der Waals surface area contributed by atoms with Crippen molar-refractivity contribution in [2.75, 3.05) is 19.6 Å². The van der Waals surface area contributed by atoms with Gasteiger partial charge in [-0.15, -0.1) is 0 Å². The molecule has 0 spiro atoms. The molecule has 98 valence electrons. The van der Waals surface area contributed by atoms with Crippen LogP contribution in [0.5, 0.6) is 5.88 Å². The average molecular weight is 251 g/mol. The fourth-order valence-corrected chi connectivity index (χ4v) is 2.17. The normalized spacial score (nSPS) is 18.7. The second-order valence-electron chi connectivity index (χ2n) is 5.06. The first-order valence-electron chi connectivity index (χ1n) is 5.86. The van der Waals surface area contributed by atoms with Crippen LogP contribution in [0.2, 0.25) is 0 Å². The second-order valence-corrected chi connectivity index (χ2v) is 5.06. The minimum absolute atomic E-state index is 0.214. The zero-order valence-electron chi connectivity index (χ0n) is 10.5. The lowest BCUT2D eigenvalue weighted by atomic mass is 9.99. The molecule has 3 N–H and O–H groups in total. The molecule has 0 unspecified atom stereocenters. The van der Waals surface area contributed by atoms with Gasteiger partial charge in [-0.05, 0) is 13.8 Å². The summed E-state index contributed by atoms with van der Waals surface area (Å²) in [6.45, 7) is 5.94. The first kappa shape index (κ1) is 12.6. The van der Waals surface area contributed by atoms with Crippen molar-refractivity contribution in [3.05, 3.63) is 28.0 Å². The van der Waals surface area contributed by atoms with E-state index >= 15 is 0 Å². The number of nitrogens with one attached hydrogen (secondary N) is 2. The van der Waals surface area contributed by atoms with Crippen LogP contribution in [0.3, 0.4) is 0 Å². The van der Waals surface area contributed by atoms with Crippen LogP contribution < -0.4 is 10.9 Å². The summed E-state index contributed by atoms with van der Waals surface area (Å²) in [6.07, 6.45) is 0. The van der Waals surface area contributed by atoms with Crippen molar-refractivity contribution >= 4 is 5.91 Å². The van der Waals surface area contributed by atoms with Crippen LogP contribution in [0.4, 0.5) is 0 Å². The van der Waals surface area contributed by atoms with Gasteiger partial charge in [0.1, 0.15) is 0 Å². The zero-order valence-corrected chi connectivity index (χ0v) is 10.5. The summed E-state index contributed by atoms with van der Waals surface area (Å²) < 4.78 is 0. The number of rotatable bonds is 1. The van der Waals surface area contributed by atoms with E-state index in [1.54, 1.807) is 4.90 Å². The highest BCUT2D eigenvalue weighted by Crippen LogP contribution is 2.19. The quantitative estimate of drug-likeness (QED) is 0.651. The van der Waals surface area contributed by atoms with Crippen molar-refractivity contribution in [3.8, 4) is 5.88 Å². The summed E-state index contributed by atoms with van der Waals surface area (Å²) in [5, 5.41) is 12.6. The molecule has 1 aliphatic heterocycles. The maximum absolute atomic E-state index is 12.4. The Labute approximate surface area is 105 Å². The summed E-state index contributed by atoms with van der Waals surface area (Å²) in [5.74, 6) is -0.526. The van der Waals surface area contributed by atoms with Crippen molar-refractivity contribution in [1.82, 2.24) is 15.2 Å². The maximum Gasteiger partial charge on any atom is 0.254 e. The van der Waals surface area contributed by atoms with Gasteiger partial charge >= 0.3 is 0 Å². The van der Waals surface area contributed by atoms with E-state index in [9.17, 15) is 14.7 Å². The van der Waals surface area contributed by atoms with Gasteiger partial charge in [-0.25, -0.2) is 0 Å². The van der Waals surface area contributed by atoms with E-state index in [2.05, 4.69) is 10.3 Å². The van der Waals surface area contributed by atoms with E-state index in [1.807, 2.05) is 13.8 Å². The molecule has 2 heterocycles. The van der Waals surface area contributed by atoms with Crippen LogP contribution >= 0.6 is 0 Å². The van der Waals surface area contributed by atoms with Gasteiger partial charge in [0.15, 0.2) is 5.88 Å². The molecule has 0 aromatic carbocycles. The van der Waals surface area contributed by atoms with Gasteiger partial charge in [0, 0.05) is 31.8 Å². The Morgan fingerprint density at radius 1 is 1.44 bits per heavy atom. The van der Waals surface area contributed by atoms with Crippen LogP contribution in [-0.2, 0) is 0 Å². The molecular formula is C12H17N3O3. The highest BCUT2D eigenvalue weighted by atomic mass is 16.3. The van der Waals surface area contributed by atoms with Crippen LogP contribution in [-0.4, -0.2) is 46.1 Å². The summed E-state index contributed by atoms with van der Waals surface area (Å²) >= 11 is 0. The van der Waals surface area contributed by atoms with E-state index in [0.717, 1.165) is 6.54 Å². The van der Waals surface area contributed by atoms with Gasteiger partial charge in [-0.2, -0.15) is 0 Å². The lowest BCUT2D eigenvalue weighted by molar-refractivity contribution is 0.0476. The van der Waals surface area contributed by atoms with Gasteiger partial charge in [0.25, 0.3) is 11.5 Å². The predicted molar refractivity (Wildman–Crippen MR) is 66.7 cm³/mol. The summed E-state index contributed by atoms with van der Waals surface area (Å²) in [7, 11) is 0. The number of aromatic nitrogens is 1. The number of H-pyrrole nitrogens is 1. The van der Waals surface area contributed by atoms with Crippen molar-refractivity contribution in [2.45, 2.75) is 19.4 Å². The minimum Gasteiger partial charge on any atom is -0.494 e. The Morgan fingerprint density at radius 3 is 2.78 bits per heavy atom. The number of aromatic amines is 1. The Morgan fingerprint density at radius 2 is 2.17 bits per heavy atom. The third-order valence-corrected chi connectivity index (χ3v) is 3.12. The molecule has 1 aromatic heterocycles. The lowest BCUT2D eigenvalue weighted by Gasteiger charge is -2.42. The number of carbonyl (C=O) groups excluding carboxylic acids is 1. The smallest absolute Gasteiger partial charge is 0.254 e. The molecule has 0 atom stereocenters. The lowest BCUT2D eigenvalue weighted by Crippen LogP contribution is -2.59. The van der Waals surface area contributed by atoms with Crippen molar-refractivity contribution in [1.29, 1.82) is 0 Å². The molecule has 0 radical (unpaired) electrons. The number of nitrogens with zero attached hydrogens (tertiary/aromatic N) is 1. The number of amides is 1. The monoisotopic (exact) mass is 251 g/mol. The second kappa shape index (κ2) is 4.45. The maximum atomic E-state index is 12.4. The topological polar surface area (TPSA) is 85.4 Å². The Bertz CT molecular complexity index is 522. The average Bonchev–Trinajstić information content (AvgIpc) is 2.26. The molecule has 1 fully saturated rings. The SMILES string of the molecule is CC1(C)CNCCN1C(=O)c1cc(O)[nH]c(=O)c1. The van der Waals surface area contributed by atoms with Crippen LogP contribution in [0, 0.1) is 0 Å². The van der Waals surface area contributed by atoms with E-state index in [0.29, 0.717) is 13.1 Å². The highest BCUT2D eigenvalue weighted by Gasteiger charge is 2.33. The molecule has 1 aliphatic rings. The molecule has 6 nitrogen and oxygen atoms in total. The number of hydrogen-bond acceptors (Lipinski definition) is 4. The molecule has 2 rings (SSSR count). The third kappa shape index (κ3) is 2.38. The zero-order chi connectivity index (χ0) is 13.3. The third-order valence-electron chi connectivity index (χ3n) is 3.12. The van der Waals surface area contributed by atoms with Crippen molar-refractivity contribution < 1.29 is 9.90 Å². The highest BCUT2D eigenvalue weighted by molar-refractivity contribution is 5.95. The largest absolute Gasteiger partial charge is 0.494 e. The van der Waals surface area contributed by atoms with Gasteiger partial charge in [-0.1, -0.05) is 0 Å². The number of piperazine rings is 1. The van der Waals surface area contributed by atoms with Gasteiger partial charge in [0.2, 0.25) is 0 Å². The number of aromatic hydroxyl groups is 1. The van der Waals surface area contributed by atoms with Crippen LogP contribution in [0.15, 0.2) is 16.9 Å². The fourth-order valence-electron chi connectivity index (χ4n) is 2.17. The van der Waals surface area contributed by atoms with E-state index in [4.69, 9.17) is 0 Å². The van der Waals surface area contributed by atoms with E-state index < -0.39 is 5.56 Å². The molecule has 1 amide bonds. The molecule has 1 aromatic rings. The molecular weight excluding hydrogens is 234 g/mol. The standard InChI is InChI=1S/C12H17N3O3/c1-12(2)7-13-3-4-15(12)11(18)8-5-9(16)14-10(17)6-8/h5-6,13H,3-4,7H2,1-2H3,(H2,14,16,17). The summed E-state index contributed by atoms with van der Waals surface area (Å²) in [6, 6.07) is 2.49. The van der Waals surface area contributed by atoms with Gasteiger partial charge < -0.3 is 15.3 Å². The summed E-state index contributed by atoms with van der Waals surface area (Å²) in [5.41, 5.74) is -0.578. The fraction of sp³-hybridized carbons (Fsp3) is 0.500. The molecule has 6 heteroatoms. The Kier molecular flexibility index (Phi) is 3.13. The predicted octanol–water partition coefficient (Wildman–Crippen LogP) is -0.0955. The molecule has 0 aliphatic carbocycles. The molecule has 18 heavy (non-hydrogen) atoms. The van der Waals surface area contributed by atoms with E-state index in [-0.39, 0.29) is 22.9 Å². The number of pyridine rings is 1. The van der Waals surface area contributed by atoms with Crippen molar-refractivity contribution in [3.63, 3.8) is 0 Å². The molecule has 1 saturated heterocycles. The summed E-state index contributed by atoms with van der Waals surface area (Å²) in [4.78, 5) is 27.5.